The third kappa shape index (κ3) is 3.69. The fourth-order valence-electron chi connectivity index (χ4n) is 2.18. The Hall–Kier alpha value is -0.700. The number of ether oxygens (including phenoxy) is 1. The van der Waals surface area contributed by atoms with Gasteiger partial charge in [-0.3, -0.25) is 0 Å². The van der Waals surface area contributed by atoms with Gasteiger partial charge in [-0.15, -0.1) is 11.6 Å². The Balaban J connectivity index is 2.23. The summed E-state index contributed by atoms with van der Waals surface area (Å²) in [5.74, 6) is 1.56. The number of benzene rings is 2. The summed E-state index contributed by atoms with van der Waals surface area (Å²) >= 11 is 15.9. The molecule has 0 fully saturated rings. The predicted octanol–water partition coefficient (Wildman–Crippen LogP) is 5.68. The van der Waals surface area contributed by atoms with E-state index in [9.17, 15) is 0 Å². The molecule has 2 aromatic carbocycles. The number of methoxy groups -OCH3 is 1. The third-order valence-electron chi connectivity index (χ3n) is 3.23. The predicted molar refractivity (Wildman–Crippen MR) is 89.3 cm³/mol. The smallest absolute Gasteiger partial charge is 0.133 e. The van der Waals surface area contributed by atoms with E-state index in [1.165, 1.54) is 5.56 Å². The molecule has 2 aromatic rings. The fourth-order valence-corrected chi connectivity index (χ4v) is 3.33. The molecule has 0 bridgehead atoms. The monoisotopic (exact) mass is 372 g/mol. The second-order valence-electron chi connectivity index (χ2n) is 4.55. The Morgan fingerprint density at radius 2 is 1.95 bits per heavy atom. The summed E-state index contributed by atoms with van der Waals surface area (Å²) in [5, 5.41) is 0.769. The molecule has 1 unspecified atom stereocenters. The maximum Gasteiger partial charge on any atom is 0.133 e. The summed E-state index contributed by atoms with van der Waals surface area (Å²) in [4.78, 5) is 0. The lowest BCUT2D eigenvalue weighted by atomic mass is 9.93. The quantitative estimate of drug-likeness (QED) is 0.613. The zero-order valence-electron chi connectivity index (χ0n) is 11.1. The van der Waals surface area contributed by atoms with Gasteiger partial charge in [0.05, 0.1) is 11.6 Å². The van der Waals surface area contributed by atoms with Gasteiger partial charge in [-0.05, 0) is 51.7 Å². The molecule has 4 heteroatoms. The minimum Gasteiger partial charge on any atom is -0.496 e. The van der Waals surface area contributed by atoms with E-state index in [0.29, 0.717) is 5.88 Å². The number of halogens is 3. The Morgan fingerprint density at radius 1 is 1.20 bits per heavy atom. The fraction of sp³-hybridized carbons (Fsp3) is 0.250. The maximum atomic E-state index is 6.26. The van der Waals surface area contributed by atoms with Crippen LogP contribution in [0, 0.1) is 0 Å². The summed E-state index contributed by atoms with van der Waals surface area (Å²) in [6.45, 7) is 0. The number of alkyl halides is 1. The van der Waals surface area contributed by atoms with E-state index in [2.05, 4.69) is 28.1 Å². The molecule has 0 aromatic heterocycles. The van der Waals surface area contributed by atoms with E-state index >= 15 is 0 Å². The molecule has 0 radical (unpaired) electrons. The van der Waals surface area contributed by atoms with E-state index in [4.69, 9.17) is 27.9 Å². The SMILES string of the molecule is COc1ccc(CC(CCl)c2ccccc2Cl)cc1Br. The normalized spacial score (nSPS) is 12.2. The molecule has 106 valence electrons. The van der Waals surface area contributed by atoms with Crippen LogP contribution in [0.4, 0.5) is 0 Å². The maximum absolute atomic E-state index is 6.26. The summed E-state index contributed by atoms with van der Waals surface area (Å²) in [7, 11) is 1.66. The summed E-state index contributed by atoms with van der Waals surface area (Å²) in [5.41, 5.74) is 2.29. The molecular weight excluding hydrogens is 359 g/mol. The molecule has 1 nitrogen and oxygen atoms in total. The second-order valence-corrected chi connectivity index (χ2v) is 6.12. The van der Waals surface area contributed by atoms with Crippen LogP contribution in [0.5, 0.6) is 5.75 Å². The largest absolute Gasteiger partial charge is 0.496 e. The topological polar surface area (TPSA) is 9.23 Å². The molecule has 0 aliphatic rings. The van der Waals surface area contributed by atoms with Crippen molar-refractivity contribution in [2.75, 3.05) is 13.0 Å². The standard InChI is InChI=1S/C16H15BrCl2O/c1-20-16-7-6-11(9-14(16)17)8-12(10-18)13-4-2-3-5-15(13)19/h2-7,9,12H,8,10H2,1H3. The zero-order valence-corrected chi connectivity index (χ0v) is 14.2. The van der Waals surface area contributed by atoms with E-state index in [0.717, 1.165) is 27.2 Å². The molecule has 20 heavy (non-hydrogen) atoms. The average Bonchev–Trinajstić information content (AvgIpc) is 2.46. The molecule has 0 N–H and O–H groups in total. The average molecular weight is 374 g/mol. The van der Waals surface area contributed by atoms with Crippen molar-refractivity contribution in [2.24, 2.45) is 0 Å². The lowest BCUT2D eigenvalue weighted by Crippen LogP contribution is -2.05. The molecule has 0 aliphatic heterocycles. The van der Waals surface area contributed by atoms with Crippen LogP contribution < -0.4 is 4.74 Å². The first-order valence-corrected chi connectivity index (χ1v) is 7.99. The summed E-state index contributed by atoms with van der Waals surface area (Å²) in [6.07, 6.45) is 0.843. The molecule has 1 atom stereocenters. The lowest BCUT2D eigenvalue weighted by Gasteiger charge is -2.16. The number of hydrogen-bond donors (Lipinski definition) is 0. The highest BCUT2D eigenvalue weighted by molar-refractivity contribution is 9.10. The van der Waals surface area contributed by atoms with Gasteiger partial charge in [0.1, 0.15) is 5.75 Å². The van der Waals surface area contributed by atoms with Crippen molar-refractivity contribution in [1.82, 2.24) is 0 Å². The molecule has 0 spiro atoms. The van der Waals surface area contributed by atoms with Crippen molar-refractivity contribution in [3.63, 3.8) is 0 Å². The highest BCUT2D eigenvalue weighted by Gasteiger charge is 2.15. The first kappa shape index (κ1) is 15.7. The van der Waals surface area contributed by atoms with Gasteiger partial charge in [0.2, 0.25) is 0 Å². The molecule has 0 amide bonds. The van der Waals surface area contributed by atoms with Crippen LogP contribution in [0.25, 0.3) is 0 Å². The van der Waals surface area contributed by atoms with Gasteiger partial charge in [0.25, 0.3) is 0 Å². The molecule has 2 rings (SSSR count). The highest BCUT2D eigenvalue weighted by atomic mass is 79.9. The van der Waals surface area contributed by atoms with Crippen LogP contribution in [0.1, 0.15) is 17.0 Å². The molecule has 0 saturated carbocycles. The third-order valence-corrected chi connectivity index (χ3v) is 4.57. The van der Waals surface area contributed by atoms with Crippen LogP contribution in [0.2, 0.25) is 5.02 Å². The molecular formula is C16H15BrCl2O. The molecule has 0 aliphatic carbocycles. The Morgan fingerprint density at radius 3 is 2.55 bits per heavy atom. The van der Waals surface area contributed by atoms with Crippen molar-refractivity contribution < 1.29 is 4.74 Å². The first-order valence-electron chi connectivity index (χ1n) is 6.28. The van der Waals surface area contributed by atoms with Gasteiger partial charge in [0.15, 0.2) is 0 Å². The Kier molecular flexibility index (Phi) is 5.76. The van der Waals surface area contributed by atoms with Gasteiger partial charge in [0, 0.05) is 16.8 Å². The number of rotatable bonds is 5. The van der Waals surface area contributed by atoms with Gasteiger partial charge in [-0.2, -0.15) is 0 Å². The van der Waals surface area contributed by atoms with Gasteiger partial charge in [-0.1, -0.05) is 35.9 Å². The molecule has 0 saturated heterocycles. The minimum absolute atomic E-state index is 0.200. The summed E-state index contributed by atoms with van der Waals surface area (Å²) < 4.78 is 6.19. The van der Waals surface area contributed by atoms with E-state index in [1.54, 1.807) is 7.11 Å². The van der Waals surface area contributed by atoms with E-state index < -0.39 is 0 Å². The van der Waals surface area contributed by atoms with Gasteiger partial charge >= 0.3 is 0 Å². The Labute approximate surface area is 138 Å². The van der Waals surface area contributed by atoms with Crippen molar-refractivity contribution >= 4 is 39.1 Å². The summed E-state index contributed by atoms with van der Waals surface area (Å²) in [6, 6.07) is 13.9. The van der Waals surface area contributed by atoms with Crippen molar-refractivity contribution in [2.45, 2.75) is 12.3 Å². The van der Waals surface area contributed by atoms with E-state index in [1.807, 2.05) is 30.3 Å². The van der Waals surface area contributed by atoms with Crippen molar-refractivity contribution in [3.05, 3.63) is 63.1 Å². The van der Waals surface area contributed by atoms with Crippen molar-refractivity contribution in [3.8, 4) is 5.75 Å². The minimum atomic E-state index is 0.200. The first-order chi connectivity index (χ1) is 9.65. The zero-order chi connectivity index (χ0) is 14.5. The highest BCUT2D eigenvalue weighted by Crippen LogP contribution is 2.31. The van der Waals surface area contributed by atoms with Gasteiger partial charge in [-0.25, -0.2) is 0 Å². The van der Waals surface area contributed by atoms with Crippen LogP contribution >= 0.6 is 39.1 Å². The van der Waals surface area contributed by atoms with Gasteiger partial charge < -0.3 is 4.74 Å². The second kappa shape index (κ2) is 7.35. The van der Waals surface area contributed by atoms with Crippen LogP contribution in [-0.2, 0) is 6.42 Å². The molecule has 0 heterocycles. The van der Waals surface area contributed by atoms with E-state index in [-0.39, 0.29) is 5.92 Å². The number of hydrogen-bond acceptors (Lipinski definition) is 1. The van der Waals surface area contributed by atoms with Crippen LogP contribution in [0.15, 0.2) is 46.9 Å². The van der Waals surface area contributed by atoms with Crippen molar-refractivity contribution in [1.29, 1.82) is 0 Å². The van der Waals surface area contributed by atoms with Crippen LogP contribution in [-0.4, -0.2) is 13.0 Å². The van der Waals surface area contributed by atoms with Crippen LogP contribution in [0.3, 0.4) is 0 Å². The Bertz CT molecular complexity index is 586. The lowest BCUT2D eigenvalue weighted by molar-refractivity contribution is 0.412.